The molecule has 0 aliphatic rings. The van der Waals surface area contributed by atoms with Crippen LogP contribution in [0.4, 0.5) is 0 Å². The first-order valence-corrected chi connectivity index (χ1v) is 4.93. The van der Waals surface area contributed by atoms with E-state index in [9.17, 15) is 5.11 Å². The summed E-state index contributed by atoms with van der Waals surface area (Å²) in [7, 11) is 0. The van der Waals surface area contributed by atoms with Crippen molar-refractivity contribution in [2.24, 2.45) is 0 Å². The van der Waals surface area contributed by atoms with Crippen molar-refractivity contribution < 1.29 is 5.11 Å². The maximum Gasteiger partial charge on any atom is 0.191 e. The topological polar surface area (TPSA) is 20.2 Å². The van der Waals surface area contributed by atoms with Crippen LogP contribution in [0.15, 0.2) is 23.1 Å². The Labute approximate surface area is 84.0 Å². The summed E-state index contributed by atoms with van der Waals surface area (Å²) < 4.78 is 0.934. The van der Waals surface area contributed by atoms with Crippen molar-refractivity contribution in [1.82, 2.24) is 0 Å². The predicted octanol–water partition coefficient (Wildman–Crippen LogP) is 3.55. The molecular formula is C8H5ClOS2. The van der Waals surface area contributed by atoms with Gasteiger partial charge in [0.15, 0.2) is 5.06 Å². The molecule has 1 N–H and O–H groups in total. The Hall–Kier alpha value is -0.380. The van der Waals surface area contributed by atoms with Crippen molar-refractivity contribution in [2.45, 2.75) is 4.90 Å². The fourth-order valence-electron chi connectivity index (χ4n) is 1.06. The molecule has 1 nitrogen and oxygen atoms in total. The molecule has 12 heavy (non-hydrogen) atoms. The first kappa shape index (κ1) is 8.23. The summed E-state index contributed by atoms with van der Waals surface area (Å²) in [5, 5.41) is 10.8. The molecule has 0 aliphatic heterocycles. The summed E-state index contributed by atoms with van der Waals surface area (Å²) in [5.41, 5.74) is 0. The maximum atomic E-state index is 9.32. The molecule has 0 bridgehead atoms. The van der Waals surface area contributed by atoms with Gasteiger partial charge in [0.1, 0.15) is 5.02 Å². The van der Waals surface area contributed by atoms with Crippen LogP contribution in [-0.2, 0) is 0 Å². The van der Waals surface area contributed by atoms with Crippen LogP contribution in [-0.4, -0.2) is 5.11 Å². The molecule has 62 valence electrons. The normalized spacial score (nSPS) is 10.8. The monoisotopic (exact) mass is 216 g/mol. The molecule has 0 spiro atoms. The zero-order valence-corrected chi connectivity index (χ0v) is 8.38. The summed E-state index contributed by atoms with van der Waals surface area (Å²) in [5.74, 6) is 0. The van der Waals surface area contributed by atoms with E-state index in [0.717, 1.165) is 15.0 Å². The molecule has 0 atom stereocenters. The van der Waals surface area contributed by atoms with Gasteiger partial charge in [-0.3, -0.25) is 0 Å². The van der Waals surface area contributed by atoms with Gasteiger partial charge in [-0.1, -0.05) is 35.1 Å². The van der Waals surface area contributed by atoms with Gasteiger partial charge < -0.3 is 5.11 Å². The lowest BCUT2D eigenvalue weighted by Crippen LogP contribution is -1.65. The summed E-state index contributed by atoms with van der Waals surface area (Å²) in [6.45, 7) is 0. The van der Waals surface area contributed by atoms with E-state index in [0.29, 0.717) is 5.02 Å². The quantitative estimate of drug-likeness (QED) is 0.646. The molecule has 0 radical (unpaired) electrons. The van der Waals surface area contributed by atoms with Crippen LogP contribution in [0.25, 0.3) is 10.1 Å². The molecular weight excluding hydrogens is 212 g/mol. The van der Waals surface area contributed by atoms with E-state index in [1.165, 1.54) is 11.3 Å². The van der Waals surface area contributed by atoms with Gasteiger partial charge in [-0.2, -0.15) is 0 Å². The van der Waals surface area contributed by atoms with Crippen LogP contribution in [0, 0.1) is 0 Å². The Morgan fingerprint density at radius 3 is 2.83 bits per heavy atom. The van der Waals surface area contributed by atoms with Crippen LogP contribution in [0.5, 0.6) is 5.06 Å². The Bertz CT molecular complexity index is 436. The first-order valence-electron chi connectivity index (χ1n) is 3.29. The van der Waals surface area contributed by atoms with Crippen LogP contribution in [0.2, 0.25) is 5.02 Å². The minimum Gasteiger partial charge on any atom is -0.498 e. The summed E-state index contributed by atoms with van der Waals surface area (Å²) >= 11 is 11.3. The van der Waals surface area contributed by atoms with Crippen molar-refractivity contribution in [3.8, 4) is 5.06 Å². The SMILES string of the molecule is Oc1sc2c(S)cccc2c1Cl. The van der Waals surface area contributed by atoms with E-state index >= 15 is 0 Å². The van der Waals surface area contributed by atoms with E-state index in [2.05, 4.69) is 12.6 Å². The third-order valence-electron chi connectivity index (χ3n) is 1.62. The van der Waals surface area contributed by atoms with Crippen LogP contribution >= 0.6 is 35.6 Å². The third-order valence-corrected chi connectivity index (χ3v) is 3.68. The molecule has 2 aromatic rings. The van der Waals surface area contributed by atoms with E-state index < -0.39 is 0 Å². The first-order chi connectivity index (χ1) is 5.70. The largest absolute Gasteiger partial charge is 0.498 e. The Balaban J connectivity index is 2.95. The maximum absolute atomic E-state index is 9.32. The van der Waals surface area contributed by atoms with Gasteiger partial charge in [-0.05, 0) is 6.07 Å². The Morgan fingerprint density at radius 1 is 1.42 bits per heavy atom. The average molecular weight is 217 g/mol. The zero-order valence-electron chi connectivity index (χ0n) is 5.91. The lowest BCUT2D eigenvalue weighted by molar-refractivity contribution is 0.491. The highest BCUT2D eigenvalue weighted by molar-refractivity contribution is 7.80. The van der Waals surface area contributed by atoms with E-state index in [1.54, 1.807) is 0 Å². The van der Waals surface area contributed by atoms with E-state index in [4.69, 9.17) is 11.6 Å². The predicted molar refractivity (Wildman–Crippen MR) is 55.8 cm³/mol. The molecule has 0 amide bonds. The second-order valence-corrected chi connectivity index (χ2v) is 4.23. The molecule has 1 heterocycles. The summed E-state index contributed by atoms with van der Waals surface area (Å²) in [6.07, 6.45) is 0. The van der Waals surface area contributed by atoms with Crippen LogP contribution in [0.1, 0.15) is 0 Å². The lowest BCUT2D eigenvalue weighted by atomic mass is 10.3. The number of thiophene rings is 1. The van der Waals surface area contributed by atoms with Gasteiger partial charge in [0.05, 0.1) is 4.70 Å². The molecule has 0 unspecified atom stereocenters. The molecule has 0 fully saturated rings. The molecule has 1 aromatic heterocycles. The van der Waals surface area contributed by atoms with Gasteiger partial charge in [-0.25, -0.2) is 0 Å². The van der Waals surface area contributed by atoms with Gasteiger partial charge in [0, 0.05) is 10.3 Å². The van der Waals surface area contributed by atoms with Crippen LogP contribution < -0.4 is 0 Å². The summed E-state index contributed by atoms with van der Waals surface area (Å²) in [4.78, 5) is 0.847. The smallest absolute Gasteiger partial charge is 0.191 e. The highest BCUT2D eigenvalue weighted by Gasteiger charge is 2.09. The van der Waals surface area contributed by atoms with Gasteiger partial charge in [-0.15, -0.1) is 12.6 Å². The van der Waals surface area contributed by atoms with Crippen LogP contribution in [0.3, 0.4) is 0 Å². The minimum atomic E-state index is 0.160. The molecule has 0 saturated carbocycles. The minimum absolute atomic E-state index is 0.160. The Morgan fingerprint density at radius 2 is 2.17 bits per heavy atom. The molecule has 1 aromatic carbocycles. The third kappa shape index (κ3) is 1.09. The standard InChI is InChI=1S/C8H5ClOS2/c9-6-4-2-1-3-5(11)7(4)12-8(6)10/h1-3,10-11H. The second kappa shape index (κ2) is 2.83. The van der Waals surface area contributed by atoms with Crippen molar-refractivity contribution >= 4 is 45.7 Å². The van der Waals surface area contributed by atoms with Crippen molar-refractivity contribution in [1.29, 1.82) is 0 Å². The number of benzene rings is 1. The number of halogens is 1. The number of rotatable bonds is 0. The Kier molecular flexibility index (Phi) is 1.94. The fraction of sp³-hybridized carbons (Fsp3) is 0. The van der Waals surface area contributed by atoms with E-state index in [1.807, 2.05) is 18.2 Å². The summed E-state index contributed by atoms with van der Waals surface area (Å²) in [6, 6.07) is 5.61. The van der Waals surface area contributed by atoms with Gasteiger partial charge in [0.2, 0.25) is 0 Å². The molecule has 0 aliphatic carbocycles. The highest BCUT2D eigenvalue weighted by Crippen LogP contribution is 2.42. The molecule has 4 heteroatoms. The average Bonchev–Trinajstić information content (AvgIpc) is 2.32. The number of hydrogen-bond acceptors (Lipinski definition) is 3. The lowest BCUT2D eigenvalue weighted by Gasteiger charge is -1.91. The number of hydrogen-bond donors (Lipinski definition) is 2. The zero-order chi connectivity index (χ0) is 8.72. The van der Waals surface area contributed by atoms with Gasteiger partial charge in [0.25, 0.3) is 0 Å². The number of thiol groups is 1. The molecule has 2 rings (SSSR count). The molecule has 0 saturated heterocycles. The van der Waals surface area contributed by atoms with Crippen molar-refractivity contribution in [3.63, 3.8) is 0 Å². The number of aromatic hydroxyl groups is 1. The fourth-order valence-corrected chi connectivity index (χ4v) is 2.58. The van der Waals surface area contributed by atoms with Gasteiger partial charge >= 0.3 is 0 Å². The van der Waals surface area contributed by atoms with Crippen molar-refractivity contribution in [2.75, 3.05) is 0 Å². The highest BCUT2D eigenvalue weighted by atomic mass is 35.5. The van der Waals surface area contributed by atoms with Crippen molar-refractivity contribution in [3.05, 3.63) is 23.2 Å². The second-order valence-electron chi connectivity index (χ2n) is 2.38. The number of fused-ring (bicyclic) bond motifs is 1. The van der Waals surface area contributed by atoms with E-state index in [-0.39, 0.29) is 5.06 Å².